The van der Waals surface area contributed by atoms with Crippen LogP contribution >= 0.6 is 22.6 Å². The lowest BCUT2D eigenvalue weighted by Gasteiger charge is -2.26. The van der Waals surface area contributed by atoms with Gasteiger partial charge in [-0.15, -0.1) is 0 Å². The second-order valence-corrected chi connectivity index (χ2v) is 4.18. The van der Waals surface area contributed by atoms with Crippen LogP contribution in [-0.4, -0.2) is 21.8 Å². The average molecular weight is 227 g/mol. The predicted octanol–water partition coefficient (Wildman–Crippen LogP) is 0.493. The van der Waals surface area contributed by atoms with Gasteiger partial charge < -0.3 is 10.4 Å². The van der Waals surface area contributed by atoms with Crippen LogP contribution in [0, 0.1) is 0 Å². The third-order valence-corrected chi connectivity index (χ3v) is 2.45. The predicted molar refractivity (Wildman–Crippen MR) is 41.1 cm³/mol. The molecule has 0 atom stereocenters. The van der Waals surface area contributed by atoms with Gasteiger partial charge in [-0.1, -0.05) is 0 Å². The van der Waals surface area contributed by atoms with E-state index < -0.39 is 3.61 Å². The van der Waals surface area contributed by atoms with Gasteiger partial charge in [0.2, 0.25) is 0 Å². The van der Waals surface area contributed by atoms with Crippen molar-refractivity contribution in [3.05, 3.63) is 0 Å². The van der Waals surface area contributed by atoms with Gasteiger partial charge in [-0.2, -0.15) is 0 Å². The van der Waals surface area contributed by atoms with E-state index in [1.54, 1.807) is 0 Å². The Labute approximate surface area is 62.8 Å². The van der Waals surface area contributed by atoms with E-state index in [1.165, 1.54) is 0 Å². The van der Waals surface area contributed by atoms with Crippen LogP contribution in [-0.2, 0) is 0 Å². The van der Waals surface area contributed by atoms with Crippen molar-refractivity contribution in [3.63, 3.8) is 0 Å². The summed E-state index contributed by atoms with van der Waals surface area (Å²) in [6.45, 7) is 1.92. The van der Waals surface area contributed by atoms with Crippen LogP contribution in [0.2, 0.25) is 0 Å². The highest BCUT2D eigenvalue weighted by atomic mass is 127. The van der Waals surface area contributed by atoms with Gasteiger partial charge in [0, 0.05) is 0 Å². The van der Waals surface area contributed by atoms with Crippen LogP contribution in [0.15, 0.2) is 0 Å². The molecule has 2 nitrogen and oxygen atoms in total. The van der Waals surface area contributed by atoms with Gasteiger partial charge in [-0.25, -0.2) is 0 Å². The van der Waals surface area contributed by atoms with E-state index >= 15 is 0 Å². The van der Waals surface area contributed by atoms with Gasteiger partial charge in [0.05, 0.1) is 0 Å². The number of halogens is 1. The summed E-state index contributed by atoms with van der Waals surface area (Å²) in [7, 11) is 0. The van der Waals surface area contributed by atoms with Gasteiger partial charge in [-0.05, 0) is 48.5 Å². The first-order valence-electron chi connectivity index (χ1n) is 2.83. The summed E-state index contributed by atoms with van der Waals surface area (Å²) in [6, 6.07) is 0. The normalized spacial score (nSPS) is 27.8. The zero-order valence-electron chi connectivity index (χ0n) is 4.65. The second kappa shape index (κ2) is 2.49. The van der Waals surface area contributed by atoms with E-state index in [1.807, 2.05) is 0 Å². The molecule has 1 saturated heterocycles. The number of hydrogen-bond donors (Lipinski definition) is 2. The van der Waals surface area contributed by atoms with Crippen molar-refractivity contribution in [1.29, 1.82) is 0 Å². The molecule has 0 aromatic carbocycles. The molecule has 1 aliphatic heterocycles. The van der Waals surface area contributed by atoms with E-state index in [4.69, 9.17) is 0 Å². The van der Waals surface area contributed by atoms with Gasteiger partial charge in [0.15, 0.2) is 0 Å². The molecule has 0 radical (unpaired) electrons. The molecule has 0 spiro atoms. The summed E-state index contributed by atoms with van der Waals surface area (Å²) in [5.74, 6) is 0. The molecule has 0 unspecified atom stereocenters. The third-order valence-electron chi connectivity index (χ3n) is 1.37. The highest BCUT2D eigenvalue weighted by Gasteiger charge is 2.24. The van der Waals surface area contributed by atoms with E-state index in [-0.39, 0.29) is 0 Å². The van der Waals surface area contributed by atoms with Gasteiger partial charge in [0.25, 0.3) is 0 Å². The van der Waals surface area contributed by atoms with E-state index in [2.05, 4.69) is 27.9 Å². The summed E-state index contributed by atoms with van der Waals surface area (Å²) in [6.07, 6.45) is 1.76. The minimum atomic E-state index is -0.414. The lowest BCUT2D eigenvalue weighted by molar-refractivity contribution is 0.120. The van der Waals surface area contributed by atoms with Crippen molar-refractivity contribution in [2.75, 3.05) is 13.1 Å². The minimum absolute atomic E-state index is 0.414. The first-order valence-corrected chi connectivity index (χ1v) is 3.91. The van der Waals surface area contributed by atoms with Crippen LogP contribution in [0.4, 0.5) is 0 Å². The molecule has 1 rings (SSSR count). The Morgan fingerprint density at radius 3 is 2.12 bits per heavy atom. The monoisotopic (exact) mass is 227 g/mol. The molecular formula is C5H10INO. The first-order chi connectivity index (χ1) is 3.71. The minimum Gasteiger partial charge on any atom is -0.380 e. The fourth-order valence-electron chi connectivity index (χ4n) is 0.810. The number of alkyl halides is 1. The van der Waals surface area contributed by atoms with Crippen molar-refractivity contribution in [1.82, 2.24) is 5.32 Å². The van der Waals surface area contributed by atoms with Crippen LogP contribution in [0.5, 0.6) is 0 Å². The maximum atomic E-state index is 9.32. The molecular weight excluding hydrogens is 217 g/mol. The summed E-state index contributed by atoms with van der Waals surface area (Å²) >= 11 is 2.11. The molecule has 0 aromatic rings. The molecule has 8 heavy (non-hydrogen) atoms. The van der Waals surface area contributed by atoms with Gasteiger partial charge >= 0.3 is 0 Å². The van der Waals surface area contributed by atoms with Gasteiger partial charge in [-0.3, -0.25) is 0 Å². The van der Waals surface area contributed by atoms with Gasteiger partial charge in [0.1, 0.15) is 3.61 Å². The van der Waals surface area contributed by atoms with Crippen molar-refractivity contribution >= 4 is 22.6 Å². The molecule has 1 aliphatic rings. The molecule has 48 valence electrons. The van der Waals surface area contributed by atoms with Crippen molar-refractivity contribution in [2.45, 2.75) is 16.4 Å². The van der Waals surface area contributed by atoms with Crippen LogP contribution in [0.3, 0.4) is 0 Å². The number of aliphatic hydroxyl groups is 1. The van der Waals surface area contributed by atoms with Crippen LogP contribution in [0.25, 0.3) is 0 Å². The maximum absolute atomic E-state index is 9.32. The molecule has 0 aliphatic carbocycles. The highest BCUT2D eigenvalue weighted by Crippen LogP contribution is 2.24. The molecule has 2 N–H and O–H groups in total. The molecule has 0 amide bonds. The lowest BCUT2D eigenvalue weighted by atomic mass is 10.1. The van der Waals surface area contributed by atoms with E-state index in [9.17, 15) is 5.11 Å². The first kappa shape index (κ1) is 6.77. The molecule has 1 fully saturated rings. The zero-order chi connectivity index (χ0) is 6.04. The Morgan fingerprint density at radius 2 is 1.88 bits per heavy atom. The topological polar surface area (TPSA) is 32.3 Å². The van der Waals surface area contributed by atoms with E-state index in [0.29, 0.717) is 0 Å². The molecule has 0 bridgehead atoms. The number of nitrogens with one attached hydrogen (secondary N) is 1. The smallest absolute Gasteiger partial charge is 0.118 e. The number of piperidine rings is 1. The Hall–Kier alpha value is 0.650. The van der Waals surface area contributed by atoms with Crippen molar-refractivity contribution < 1.29 is 5.11 Å². The fraction of sp³-hybridized carbons (Fsp3) is 1.00. The number of hydrogen-bond acceptors (Lipinski definition) is 2. The average Bonchev–Trinajstić information content (AvgIpc) is 1.65. The Bertz CT molecular complexity index is 76.5. The quantitative estimate of drug-likeness (QED) is 0.466. The summed E-state index contributed by atoms with van der Waals surface area (Å²) in [4.78, 5) is 0. The lowest BCUT2D eigenvalue weighted by Crippen LogP contribution is -2.36. The third kappa shape index (κ3) is 1.87. The van der Waals surface area contributed by atoms with E-state index in [0.717, 1.165) is 25.9 Å². The summed E-state index contributed by atoms with van der Waals surface area (Å²) in [5.41, 5.74) is 0. The molecule has 3 heteroatoms. The number of rotatable bonds is 0. The van der Waals surface area contributed by atoms with Crippen molar-refractivity contribution in [3.8, 4) is 0 Å². The largest absolute Gasteiger partial charge is 0.380 e. The molecule has 0 saturated carbocycles. The summed E-state index contributed by atoms with van der Waals surface area (Å²) in [5, 5.41) is 12.5. The fourth-order valence-corrected chi connectivity index (χ4v) is 1.35. The Balaban J connectivity index is 2.33. The Kier molecular flexibility index (Phi) is 2.11. The molecule has 0 aromatic heterocycles. The standard InChI is InChI=1S/C5H10INO/c6-5(8)1-3-7-4-2-5/h7-8H,1-4H2. The summed E-state index contributed by atoms with van der Waals surface area (Å²) < 4.78 is -0.414. The van der Waals surface area contributed by atoms with Crippen LogP contribution in [0.1, 0.15) is 12.8 Å². The second-order valence-electron chi connectivity index (χ2n) is 2.17. The maximum Gasteiger partial charge on any atom is 0.118 e. The highest BCUT2D eigenvalue weighted by molar-refractivity contribution is 14.1. The van der Waals surface area contributed by atoms with Crippen LogP contribution < -0.4 is 5.32 Å². The van der Waals surface area contributed by atoms with Crippen molar-refractivity contribution in [2.24, 2.45) is 0 Å². The molecule has 1 heterocycles. The zero-order valence-corrected chi connectivity index (χ0v) is 6.81. The SMILES string of the molecule is OC1(I)CCNCC1. The Morgan fingerprint density at radius 1 is 1.38 bits per heavy atom.